The van der Waals surface area contributed by atoms with Gasteiger partial charge < -0.3 is 9.64 Å². The van der Waals surface area contributed by atoms with Crippen molar-refractivity contribution < 1.29 is 22.6 Å². The topological polar surface area (TPSA) is 106 Å². The number of hydrogen-bond acceptors (Lipinski definition) is 7. The van der Waals surface area contributed by atoms with Crippen LogP contribution in [0.25, 0.3) is 0 Å². The molecule has 2 aliphatic rings. The van der Waals surface area contributed by atoms with Crippen LogP contribution < -0.4 is 4.74 Å². The van der Waals surface area contributed by atoms with Crippen LogP contribution in [-0.4, -0.2) is 65.3 Å². The lowest BCUT2D eigenvalue weighted by Crippen LogP contribution is -2.58. The van der Waals surface area contributed by atoms with E-state index < -0.39 is 15.6 Å². The highest BCUT2D eigenvalue weighted by atomic mass is 32.2. The Morgan fingerprint density at radius 2 is 2.03 bits per heavy atom. The fraction of sp³-hybridized carbons (Fsp3) is 0.550. The minimum absolute atomic E-state index is 0.0942. The highest BCUT2D eigenvalue weighted by Crippen LogP contribution is 2.36. The predicted molar refractivity (Wildman–Crippen MR) is 108 cm³/mol. The van der Waals surface area contributed by atoms with Crippen LogP contribution in [-0.2, 0) is 27.8 Å². The van der Waals surface area contributed by atoms with E-state index in [1.165, 1.54) is 10.6 Å². The van der Waals surface area contributed by atoms with Gasteiger partial charge in [0.2, 0.25) is 15.9 Å². The summed E-state index contributed by atoms with van der Waals surface area (Å²) in [5.74, 6) is 0.577. The molecule has 2 aliphatic heterocycles. The summed E-state index contributed by atoms with van der Waals surface area (Å²) in [4.78, 5) is 14.7. The largest absolute Gasteiger partial charge is 0.484 e. The molecule has 0 saturated carbocycles. The third kappa shape index (κ3) is 4.20. The van der Waals surface area contributed by atoms with Gasteiger partial charge in [-0.3, -0.25) is 4.79 Å². The number of nitrogens with zero attached hydrogens (tertiary/aromatic N) is 4. The molecule has 1 unspecified atom stereocenters. The van der Waals surface area contributed by atoms with E-state index in [-0.39, 0.29) is 25.4 Å². The van der Waals surface area contributed by atoms with E-state index >= 15 is 0 Å². The number of likely N-dealkylation sites (tertiary alicyclic amines) is 1. The molecule has 1 aromatic carbocycles. The van der Waals surface area contributed by atoms with E-state index in [2.05, 4.69) is 10.3 Å². The van der Waals surface area contributed by atoms with Crippen LogP contribution in [0.4, 0.5) is 0 Å². The highest BCUT2D eigenvalue weighted by molar-refractivity contribution is 7.88. The third-order valence-corrected chi connectivity index (χ3v) is 6.98. The van der Waals surface area contributed by atoms with Crippen molar-refractivity contribution in [1.82, 2.24) is 19.5 Å². The zero-order chi connectivity index (χ0) is 21.5. The first-order chi connectivity index (χ1) is 14.2. The monoisotopic (exact) mass is 434 g/mol. The van der Waals surface area contributed by atoms with Gasteiger partial charge in [0.1, 0.15) is 22.7 Å². The standard InChI is InChI=1S/C20H26N4O5S/c1-14-5-6-18-16(9-14)11-24(30(3,26)27)13-20(28-18)7-4-8-23(12-20)19(25)10-17-15(2)21-29-22-17/h5-6,9H,4,7-8,10-13H2,1-3H3. The molecule has 10 heteroatoms. The smallest absolute Gasteiger partial charge is 0.228 e. The number of fused-ring (bicyclic) bond motifs is 1. The summed E-state index contributed by atoms with van der Waals surface area (Å²) in [6.45, 7) is 5.08. The normalized spacial score (nSPS) is 22.4. The van der Waals surface area contributed by atoms with Gasteiger partial charge in [-0.05, 0) is 32.8 Å². The Morgan fingerprint density at radius 1 is 1.23 bits per heavy atom. The van der Waals surface area contributed by atoms with E-state index in [0.717, 1.165) is 17.5 Å². The minimum Gasteiger partial charge on any atom is -0.484 e. The Balaban J connectivity index is 1.63. The zero-order valence-corrected chi connectivity index (χ0v) is 18.2. The van der Waals surface area contributed by atoms with Crippen molar-refractivity contribution in [3.05, 3.63) is 40.7 Å². The molecule has 1 saturated heterocycles. The predicted octanol–water partition coefficient (Wildman–Crippen LogP) is 1.44. The number of aryl methyl sites for hydroxylation is 2. The molecule has 1 fully saturated rings. The van der Waals surface area contributed by atoms with Crippen LogP contribution in [0.1, 0.15) is 35.4 Å². The van der Waals surface area contributed by atoms with E-state index in [9.17, 15) is 13.2 Å². The fourth-order valence-electron chi connectivity index (χ4n) is 4.19. The van der Waals surface area contributed by atoms with Gasteiger partial charge in [0, 0.05) is 18.7 Å². The van der Waals surface area contributed by atoms with Crippen molar-refractivity contribution in [3.8, 4) is 5.75 Å². The molecular formula is C20H26N4O5S. The second-order valence-corrected chi connectivity index (χ2v) is 10.3. The maximum Gasteiger partial charge on any atom is 0.228 e. The summed E-state index contributed by atoms with van der Waals surface area (Å²) in [5, 5.41) is 7.52. The van der Waals surface area contributed by atoms with Crippen molar-refractivity contribution in [2.45, 2.75) is 45.3 Å². The Labute approximate surface area is 176 Å². The average Bonchev–Trinajstić information content (AvgIpc) is 2.99. The van der Waals surface area contributed by atoms with Gasteiger partial charge in [-0.2, -0.15) is 4.31 Å². The molecule has 3 heterocycles. The molecule has 1 aromatic heterocycles. The summed E-state index contributed by atoms with van der Waals surface area (Å²) in [7, 11) is -3.45. The van der Waals surface area contributed by atoms with Gasteiger partial charge >= 0.3 is 0 Å². The number of carbonyl (C=O) groups is 1. The number of aromatic nitrogens is 2. The third-order valence-electron chi connectivity index (χ3n) is 5.78. The van der Waals surface area contributed by atoms with Crippen LogP contribution >= 0.6 is 0 Å². The molecule has 0 radical (unpaired) electrons. The van der Waals surface area contributed by atoms with Crippen molar-refractivity contribution in [2.75, 3.05) is 25.9 Å². The van der Waals surface area contributed by atoms with Gasteiger partial charge in [-0.25, -0.2) is 13.0 Å². The van der Waals surface area contributed by atoms with Gasteiger partial charge in [0.15, 0.2) is 0 Å². The summed E-state index contributed by atoms with van der Waals surface area (Å²) < 4.78 is 37.6. The Kier molecular flexibility index (Phi) is 5.31. The zero-order valence-electron chi connectivity index (χ0n) is 17.4. The SMILES string of the molecule is Cc1ccc2c(c1)CN(S(C)(=O)=O)CC1(CCCN(C(=O)Cc3nonc3C)C1)O2. The Bertz CT molecular complexity index is 1070. The number of ether oxygens (including phenoxy) is 1. The van der Waals surface area contributed by atoms with Crippen LogP contribution in [0.5, 0.6) is 5.75 Å². The van der Waals surface area contributed by atoms with E-state index in [1.54, 1.807) is 11.8 Å². The molecule has 1 atom stereocenters. The molecular weight excluding hydrogens is 408 g/mol. The van der Waals surface area contributed by atoms with Gasteiger partial charge in [-0.1, -0.05) is 28.0 Å². The summed E-state index contributed by atoms with van der Waals surface area (Å²) >= 11 is 0. The molecule has 162 valence electrons. The number of benzene rings is 1. The number of amides is 1. The molecule has 1 amide bonds. The lowest BCUT2D eigenvalue weighted by molar-refractivity contribution is -0.136. The van der Waals surface area contributed by atoms with Crippen LogP contribution in [0.2, 0.25) is 0 Å². The minimum atomic E-state index is -3.45. The average molecular weight is 435 g/mol. The van der Waals surface area contributed by atoms with Gasteiger partial charge in [-0.15, -0.1) is 0 Å². The first kappa shape index (κ1) is 20.8. The van der Waals surface area contributed by atoms with Gasteiger partial charge in [0.05, 0.1) is 25.8 Å². The van der Waals surface area contributed by atoms with Gasteiger partial charge in [0.25, 0.3) is 0 Å². The first-order valence-electron chi connectivity index (χ1n) is 9.95. The van der Waals surface area contributed by atoms with E-state index in [1.807, 2.05) is 25.1 Å². The maximum atomic E-state index is 12.9. The number of carbonyl (C=O) groups excluding carboxylic acids is 1. The molecule has 0 bridgehead atoms. The van der Waals surface area contributed by atoms with Crippen LogP contribution in [0.3, 0.4) is 0 Å². The molecule has 1 spiro atoms. The molecule has 30 heavy (non-hydrogen) atoms. The second kappa shape index (κ2) is 7.66. The number of rotatable bonds is 3. The van der Waals surface area contributed by atoms with Crippen LogP contribution in [0, 0.1) is 13.8 Å². The molecule has 2 aromatic rings. The van der Waals surface area contributed by atoms with E-state index in [4.69, 9.17) is 9.37 Å². The lowest BCUT2D eigenvalue weighted by Gasteiger charge is -2.43. The maximum absolute atomic E-state index is 12.9. The quantitative estimate of drug-likeness (QED) is 0.720. The summed E-state index contributed by atoms with van der Waals surface area (Å²) in [5.41, 5.74) is 2.19. The second-order valence-electron chi connectivity index (χ2n) is 8.32. The Morgan fingerprint density at radius 3 is 2.73 bits per heavy atom. The first-order valence-corrected chi connectivity index (χ1v) is 11.8. The fourth-order valence-corrected chi connectivity index (χ4v) is 5.03. The summed E-state index contributed by atoms with van der Waals surface area (Å²) in [6.07, 6.45) is 2.70. The molecule has 9 nitrogen and oxygen atoms in total. The molecule has 0 aliphatic carbocycles. The van der Waals surface area contributed by atoms with Crippen LogP contribution in [0.15, 0.2) is 22.8 Å². The van der Waals surface area contributed by atoms with Crippen molar-refractivity contribution >= 4 is 15.9 Å². The summed E-state index contributed by atoms with van der Waals surface area (Å²) in [6, 6.07) is 5.80. The van der Waals surface area contributed by atoms with Crippen molar-refractivity contribution in [1.29, 1.82) is 0 Å². The van der Waals surface area contributed by atoms with Crippen molar-refractivity contribution in [2.24, 2.45) is 0 Å². The Hall–Kier alpha value is -2.46. The number of hydrogen-bond donors (Lipinski definition) is 0. The number of sulfonamides is 1. The lowest BCUT2D eigenvalue weighted by atomic mass is 9.92. The van der Waals surface area contributed by atoms with E-state index in [0.29, 0.717) is 36.6 Å². The number of piperidine rings is 1. The molecule has 4 rings (SSSR count). The van der Waals surface area contributed by atoms with Crippen molar-refractivity contribution in [3.63, 3.8) is 0 Å². The highest BCUT2D eigenvalue weighted by Gasteiger charge is 2.44. The molecule has 0 N–H and O–H groups in total.